The first-order valence-electron chi connectivity index (χ1n) is 4.68. The third-order valence-electron chi connectivity index (χ3n) is 1.78. The molecule has 0 saturated carbocycles. The molecule has 4 heteroatoms. The van der Waals surface area contributed by atoms with E-state index in [1.165, 1.54) is 0 Å². The van der Waals surface area contributed by atoms with Crippen molar-refractivity contribution in [3.05, 3.63) is 0 Å². The minimum atomic E-state index is 0.811. The van der Waals surface area contributed by atoms with Gasteiger partial charge in [0.05, 0.1) is 13.1 Å². The van der Waals surface area contributed by atoms with Gasteiger partial charge in [0.2, 0.25) is 0 Å². The maximum atomic E-state index is 4.06. The van der Waals surface area contributed by atoms with Crippen molar-refractivity contribution in [2.24, 2.45) is 20.0 Å². The van der Waals surface area contributed by atoms with E-state index in [9.17, 15) is 0 Å². The van der Waals surface area contributed by atoms with Gasteiger partial charge in [-0.05, 0) is 27.7 Å². The molecule has 2 aliphatic rings. The van der Waals surface area contributed by atoms with Crippen LogP contribution in [0, 0.1) is 0 Å². The molecule has 2 aliphatic heterocycles. The number of nitrogens with zero attached hydrogens (tertiary/aromatic N) is 4. The van der Waals surface area contributed by atoms with Crippen LogP contribution in [-0.4, -0.2) is 36.2 Å². The molecule has 0 radical (unpaired) electrons. The highest BCUT2D eigenvalue weighted by molar-refractivity contribution is 6.02. The number of hydrogen-bond acceptors (Lipinski definition) is 4. The summed E-state index contributed by atoms with van der Waals surface area (Å²) in [6, 6.07) is 0. The normalized spacial score (nSPS) is 19.1. The van der Waals surface area contributed by atoms with E-state index in [0.717, 1.165) is 36.2 Å². The molecule has 0 aromatic heterocycles. The first-order chi connectivity index (χ1) is 6.58. The summed E-state index contributed by atoms with van der Waals surface area (Å²) in [6.45, 7) is 9.42. The van der Waals surface area contributed by atoms with Crippen LogP contribution < -0.4 is 0 Å². The van der Waals surface area contributed by atoms with Crippen LogP contribution in [0.1, 0.15) is 27.7 Å². The zero-order valence-electron chi connectivity index (χ0n) is 9.20. The Kier molecular flexibility index (Phi) is 3.68. The molecule has 0 spiro atoms. The van der Waals surface area contributed by atoms with E-state index in [0.29, 0.717) is 0 Å². The summed E-state index contributed by atoms with van der Waals surface area (Å²) in [4.78, 5) is 16.2. The van der Waals surface area contributed by atoms with Crippen LogP contribution >= 0.6 is 0 Å². The van der Waals surface area contributed by atoms with Crippen molar-refractivity contribution in [2.45, 2.75) is 27.7 Å². The summed E-state index contributed by atoms with van der Waals surface area (Å²) < 4.78 is 0. The van der Waals surface area contributed by atoms with Crippen LogP contribution in [0.4, 0.5) is 0 Å². The molecule has 0 bridgehead atoms. The standard InChI is InChI=1S/2C5H8N2/c2*1-4-3-6-5(2)7-4/h2*3H2,1-2H3. The van der Waals surface area contributed by atoms with Gasteiger partial charge in [0.15, 0.2) is 0 Å². The highest BCUT2D eigenvalue weighted by Crippen LogP contribution is 1.93. The molecule has 0 fully saturated rings. The summed E-state index contributed by atoms with van der Waals surface area (Å²) in [5.41, 5.74) is 2.25. The van der Waals surface area contributed by atoms with Crippen LogP contribution in [0.3, 0.4) is 0 Å². The molecular weight excluding hydrogens is 176 g/mol. The second-order valence-electron chi connectivity index (χ2n) is 3.42. The lowest BCUT2D eigenvalue weighted by Gasteiger charge is -1.76. The maximum absolute atomic E-state index is 4.06. The van der Waals surface area contributed by atoms with Crippen molar-refractivity contribution < 1.29 is 0 Å². The first kappa shape index (κ1) is 10.8. The Morgan fingerprint density at radius 2 is 1.07 bits per heavy atom. The van der Waals surface area contributed by atoms with Gasteiger partial charge >= 0.3 is 0 Å². The zero-order chi connectivity index (χ0) is 10.6. The highest BCUT2D eigenvalue weighted by atomic mass is 15.0. The molecule has 0 aliphatic carbocycles. The van der Waals surface area contributed by atoms with Crippen molar-refractivity contribution >= 4 is 23.1 Å². The second kappa shape index (κ2) is 4.79. The fourth-order valence-electron chi connectivity index (χ4n) is 1.15. The predicted molar refractivity (Wildman–Crippen MR) is 62.2 cm³/mol. The minimum Gasteiger partial charge on any atom is -0.265 e. The Balaban J connectivity index is 0.000000140. The van der Waals surface area contributed by atoms with Gasteiger partial charge in [0.1, 0.15) is 11.7 Å². The third kappa shape index (κ3) is 3.60. The van der Waals surface area contributed by atoms with E-state index in [4.69, 9.17) is 0 Å². The van der Waals surface area contributed by atoms with Gasteiger partial charge in [0, 0.05) is 11.4 Å². The summed E-state index contributed by atoms with van der Waals surface area (Å²) in [5, 5.41) is 0. The Hall–Kier alpha value is -1.32. The van der Waals surface area contributed by atoms with Gasteiger partial charge in [-0.1, -0.05) is 0 Å². The zero-order valence-corrected chi connectivity index (χ0v) is 9.20. The van der Waals surface area contributed by atoms with Crippen LogP contribution in [0.25, 0.3) is 0 Å². The SMILES string of the molecule is CC1=NC(C)=NC1.CC1=NC(C)=NC1. The second-order valence-corrected chi connectivity index (χ2v) is 3.42. The summed E-state index contributed by atoms with van der Waals surface area (Å²) in [7, 11) is 0. The molecule has 0 atom stereocenters. The molecule has 0 unspecified atom stereocenters. The monoisotopic (exact) mass is 192 g/mol. The fourth-order valence-corrected chi connectivity index (χ4v) is 1.15. The van der Waals surface area contributed by atoms with E-state index in [2.05, 4.69) is 20.0 Å². The van der Waals surface area contributed by atoms with Gasteiger partial charge in [0.25, 0.3) is 0 Å². The number of aliphatic imine (C=N–C) groups is 4. The Morgan fingerprint density at radius 1 is 0.714 bits per heavy atom. The first-order valence-corrected chi connectivity index (χ1v) is 4.68. The largest absolute Gasteiger partial charge is 0.265 e. The van der Waals surface area contributed by atoms with E-state index in [-0.39, 0.29) is 0 Å². The average Bonchev–Trinajstić information content (AvgIpc) is 2.63. The lowest BCUT2D eigenvalue weighted by atomic mass is 10.4. The van der Waals surface area contributed by atoms with Crippen molar-refractivity contribution in [3.63, 3.8) is 0 Å². The van der Waals surface area contributed by atoms with Crippen LogP contribution in [0.15, 0.2) is 20.0 Å². The fraction of sp³-hybridized carbons (Fsp3) is 0.600. The lowest BCUT2D eigenvalue weighted by Crippen LogP contribution is -1.87. The van der Waals surface area contributed by atoms with Gasteiger partial charge in [-0.3, -0.25) is 9.98 Å². The molecule has 14 heavy (non-hydrogen) atoms. The summed E-state index contributed by atoms with van der Waals surface area (Å²) in [6.07, 6.45) is 0. The average molecular weight is 192 g/mol. The topological polar surface area (TPSA) is 49.4 Å². The number of amidine groups is 2. The van der Waals surface area contributed by atoms with Crippen molar-refractivity contribution in [1.82, 2.24) is 0 Å². The molecule has 76 valence electrons. The van der Waals surface area contributed by atoms with E-state index in [1.54, 1.807) is 0 Å². The Bertz CT molecular complexity index is 300. The van der Waals surface area contributed by atoms with Crippen LogP contribution in [0.5, 0.6) is 0 Å². The Morgan fingerprint density at radius 3 is 1.14 bits per heavy atom. The molecule has 0 aromatic rings. The van der Waals surface area contributed by atoms with E-state index >= 15 is 0 Å². The minimum absolute atomic E-state index is 0.811. The number of hydrogen-bond donors (Lipinski definition) is 0. The maximum Gasteiger partial charge on any atom is 0.120 e. The van der Waals surface area contributed by atoms with Gasteiger partial charge in [-0.2, -0.15) is 0 Å². The third-order valence-corrected chi connectivity index (χ3v) is 1.78. The lowest BCUT2D eigenvalue weighted by molar-refractivity contribution is 1.32. The summed E-state index contributed by atoms with van der Waals surface area (Å²) >= 11 is 0. The quantitative estimate of drug-likeness (QED) is 0.561. The molecule has 0 N–H and O–H groups in total. The molecule has 2 rings (SSSR count). The smallest absolute Gasteiger partial charge is 0.120 e. The molecule has 4 nitrogen and oxygen atoms in total. The Labute approximate surface area is 84.6 Å². The van der Waals surface area contributed by atoms with E-state index < -0.39 is 0 Å². The van der Waals surface area contributed by atoms with E-state index in [1.807, 2.05) is 27.7 Å². The predicted octanol–water partition coefficient (Wildman–Crippen LogP) is 1.76. The molecule has 0 aromatic carbocycles. The van der Waals surface area contributed by atoms with Gasteiger partial charge < -0.3 is 0 Å². The van der Waals surface area contributed by atoms with Crippen molar-refractivity contribution in [3.8, 4) is 0 Å². The molecule has 0 amide bonds. The van der Waals surface area contributed by atoms with Gasteiger partial charge in [-0.15, -0.1) is 0 Å². The highest BCUT2D eigenvalue weighted by Gasteiger charge is 1.97. The summed E-state index contributed by atoms with van der Waals surface area (Å²) in [5.74, 6) is 1.83. The molecule has 2 heterocycles. The van der Waals surface area contributed by atoms with Gasteiger partial charge in [-0.25, -0.2) is 9.98 Å². The molecular formula is C10H16N4. The van der Waals surface area contributed by atoms with Crippen LogP contribution in [-0.2, 0) is 0 Å². The van der Waals surface area contributed by atoms with Crippen molar-refractivity contribution in [2.75, 3.05) is 13.1 Å². The van der Waals surface area contributed by atoms with Crippen molar-refractivity contribution in [1.29, 1.82) is 0 Å². The number of rotatable bonds is 0. The van der Waals surface area contributed by atoms with Crippen LogP contribution in [0.2, 0.25) is 0 Å². The molecule has 0 saturated heterocycles.